The van der Waals surface area contributed by atoms with Gasteiger partial charge in [-0.2, -0.15) is 0 Å². The third kappa shape index (κ3) is 4.92. The van der Waals surface area contributed by atoms with Crippen LogP contribution in [0.3, 0.4) is 0 Å². The van der Waals surface area contributed by atoms with E-state index < -0.39 is 21.7 Å². The molecule has 144 valence electrons. The second kappa shape index (κ2) is 8.47. The summed E-state index contributed by atoms with van der Waals surface area (Å²) in [6, 6.07) is 14.4. The van der Waals surface area contributed by atoms with Crippen LogP contribution in [0.25, 0.3) is 0 Å². The zero-order valence-electron chi connectivity index (χ0n) is 14.4. The number of carbonyl (C=O) groups excluding carboxylic acids is 1. The number of aromatic nitrogens is 1. The van der Waals surface area contributed by atoms with Crippen molar-refractivity contribution in [1.29, 1.82) is 0 Å². The smallest absolute Gasteiger partial charge is 0.255 e. The lowest BCUT2D eigenvalue weighted by atomic mass is 10.2. The molecule has 1 amide bonds. The summed E-state index contributed by atoms with van der Waals surface area (Å²) in [4.78, 5) is 15.9. The van der Waals surface area contributed by atoms with Crippen LogP contribution in [-0.2, 0) is 16.6 Å². The van der Waals surface area contributed by atoms with Crippen molar-refractivity contribution in [3.63, 3.8) is 0 Å². The largest absolute Gasteiger partial charge is 0.319 e. The minimum atomic E-state index is -3.94. The first-order chi connectivity index (χ1) is 13.3. The van der Waals surface area contributed by atoms with Gasteiger partial charge in [0.2, 0.25) is 10.0 Å². The molecular weight excluding hydrogens is 405 g/mol. The van der Waals surface area contributed by atoms with Crippen molar-refractivity contribution in [2.75, 3.05) is 5.32 Å². The van der Waals surface area contributed by atoms with Crippen LogP contribution in [0, 0.1) is 5.82 Å². The van der Waals surface area contributed by atoms with Crippen LogP contribution >= 0.6 is 11.6 Å². The number of hydrogen-bond donors (Lipinski definition) is 2. The molecule has 0 fully saturated rings. The summed E-state index contributed by atoms with van der Waals surface area (Å²) < 4.78 is 41.4. The summed E-state index contributed by atoms with van der Waals surface area (Å²) in [6.45, 7) is -0.0279. The molecule has 0 aliphatic heterocycles. The van der Waals surface area contributed by atoms with E-state index in [1.807, 2.05) is 0 Å². The van der Waals surface area contributed by atoms with Gasteiger partial charge in [-0.3, -0.25) is 9.78 Å². The summed E-state index contributed by atoms with van der Waals surface area (Å²) >= 11 is 5.77. The zero-order valence-corrected chi connectivity index (χ0v) is 16.0. The average Bonchev–Trinajstić information content (AvgIpc) is 2.69. The van der Waals surface area contributed by atoms with E-state index in [0.29, 0.717) is 10.7 Å². The van der Waals surface area contributed by atoms with E-state index in [2.05, 4.69) is 15.0 Å². The van der Waals surface area contributed by atoms with Gasteiger partial charge in [0.15, 0.2) is 0 Å². The standard InChI is InChI=1S/C19H15ClFN3O3S/c20-14-6-4-13(5-7-14)19(25)24-18-9-8-16(11-17(18)21)28(26,27)23-12-15-3-1-2-10-22-15/h1-11,23H,12H2,(H,24,25). The predicted octanol–water partition coefficient (Wildman–Crippen LogP) is 3.60. The third-order valence-corrected chi connectivity index (χ3v) is 5.43. The topological polar surface area (TPSA) is 88.2 Å². The first kappa shape index (κ1) is 19.9. The number of anilines is 1. The van der Waals surface area contributed by atoms with Crippen molar-refractivity contribution in [2.45, 2.75) is 11.4 Å². The van der Waals surface area contributed by atoms with Crippen LogP contribution in [0.2, 0.25) is 5.02 Å². The number of sulfonamides is 1. The Hall–Kier alpha value is -2.81. The Morgan fingerprint density at radius 3 is 2.46 bits per heavy atom. The van der Waals surface area contributed by atoms with Crippen LogP contribution in [0.5, 0.6) is 0 Å². The Morgan fingerprint density at radius 1 is 1.07 bits per heavy atom. The Kier molecular flexibility index (Phi) is 6.03. The molecule has 0 aliphatic carbocycles. The predicted molar refractivity (Wildman–Crippen MR) is 104 cm³/mol. The van der Waals surface area contributed by atoms with Gasteiger partial charge < -0.3 is 5.32 Å². The molecule has 0 saturated heterocycles. The molecule has 9 heteroatoms. The van der Waals surface area contributed by atoms with E-state index in [1.165, 1.54) is 36.4 Å². The molecule has 3 rings (SSSR count). The molecule has 0 atom stereocenters. The Labute approximate surface area is 166 Å². The van der Waals surface area contributed by atoms with Crippen molar-refractivity contribution in [3.05, 3.63) is 89.0 Å². The zero-order chi connectivity index (χ0) is 20.1. The highest BCUT2D eigenvalue weighted by atomic mass is 35.5. The first-order valence-electron chi connectivity index (χ1n) is 8.11. The van der Waals surface area contributed by atoms with E-state index in [1.54, 1.807) is 24.4 Å². The van der Waals surface area contributed by atoms with E-state index in [-0.39, 0.29) is 22.7 Å². The van der Waals surface area contributed by atoms with Crippen LogP contribution in [0.15, 0.2) is 71.8 Å². The maximum absolute atomic E-state index is 14.3. The highest BCUT2D eigenvalue weighted by Crippen LogP contribution is 2.20. The van der Waals surface area contributed by atoms with E-state index in [9.17, 15) is 17.6 Å². The molecule has 0 spiro atoms. The molecule has 0 bridgehead atoms. The van der Waals surface area contributed by atoms with Crippen molar-refractivity contribution in [2.24, 2.45) is 0 Å². The lowest BCUT2D eigenvalue weighted by Gasteiger charge is -2.10. The van der Waals surface area contributed by atoms with Gasteiger partial charge in [0.1, 0.15) is 5.82 Å². The normalized spacial score (nSPS) is 11.2. The highest BCUT2D eigenvalue weighted by molar-refractivity contribution is 7.89. The quantitative estimate of drug-likeness (QED) is 0.639. The first-order valence-corrected chi connectivity index (χ1v) is 9.97. The number of nitrogens with one attached hydrogen (secondary N) is 2. The lowest BCUT2D eigenvalue weighted by molar-refractivity contribution is 0.102. The van der Waals surface area contributed by atoms with E-state index in [4.69, 9.17) is 11.6 Å². The summed E-state index contributed by atoms with van der Waals surface area (Å²) in [5.74, 6) is -1.41. The molecule has 1 aromatic heterocycles. The molecule has 0 aliphatic rings. The van der Waals surface area contributed by atoms with Gasteiger partial charge in [-0.1, -0.05) is 17.7 Å². The van der Waals surface area contributed by atoms with E-state index in [0.717, 1.165) is 6.07 Å². The SMILES string of the molecule is O=C(Nc1ccc(S(=O)(=O)NCc2ccccn2)cc1F)c1ccc(Cl)cc1. The van der Waals surface area contributed by atoms with Crippen LogP contribution < -0.4 is 10.0 Å². The average molecular weight is 420 g/mol. The number of rotatable bonds is 6. The Balaban J connectivity index is 1.72. The van der Waals surface area contributed by atoms with Crippen molar-refractivity contribution < 1.29 is 17.6 Å². The number of nitrogens with zero attached hydrogens (tertiary/aromatic N) is 1. The molecule has 0 radical (unpaired) electrons. The molecule has 0 saturated carbocycles. The number of hydrogen-bond acceptors (Lipinski definition) is 4. The molecule has 2 N–H and O–H groups in total. The summed E-state index contributed by atoms with van der Waals surface area (Å²) in [7, 11) is -3.94. The molecule has 0 unspecified atom stereocenters. The minimum Gasteiger partial charge on any atom is -0.319 e. The maximum atomic E-state index is 14.3. The van der Waals surface area contributed by atoms with Crippen LogP contribution in [0.4, 0.5) is 10.1 Å². The number of benzene rings is 2. The van der Waals surface area contributed by atoms with Crippen molar-refractivity contribution >= 4 is 33.2 Å². The fraction of sp³-hybridized carbons (Fsp3) is 0.0526. The number of amides is 1. The van der Waals surface area contributed by atoms with Crippen molar-refractivity contribution in [3.8, 4) is 0 Å². The molecule has 1 heterocycles. The van der Waals surface area contributed by atoms with Crippen molar-refractivity contribution in [1.82, 2.24) is 9.71 Å². The maximum Gasteiger partial charge on any atom is 0.255 e. The van der Waals surface area contributed by atoms with Gasteiger partial charge in [0.05, 0.1) is 22.8 Å². The second-order valence-corrected chi connectivity index (χ2v) is 7.95. The lowest BCUT2D eigenvalue weighted by Crippen LogP contribution is -2.24. The van der Waals surface area contributed by atoms with Crippen LogP contribution in [-0.4, -0.2) is 19.3 Å². The van der Waals surface area contributed by atoms with Gasteiger partial charge in [-0.05, 0) is 54.6 Å². The third-order valence-electron chi connectivity index (χ3n) is 3.77. The number of carbonyl (C=O) groups is 1. The Bertz CT molecular complexity index is 1090. The van der Waals surface area contributed by atoms with Crippen LogP contribution in [0.1, 0.15) is 16.1 Å². The monoisotopic (exact) mass is 419 g/mol. The summed E-state index contributed by atoms with van der Waals surface area (Å²) in [6.07, 6.45) is 1.54. The number of pyridine rings is 1. The minimum absolute atomic E-state index is 0.0279. The van der Waals surface area contributed by atoms with Gasteiger partial charge >= 0.3 is 0 Å². The molecule has 2 aromatic carbocycles. The molecule has 6 nitrogen and oxygen atoms in total. The summed E-state index contributed by atoms with van der Waals surface area (Å²) in [5.41, 5.74) is 0.680. The van der Waals surface area contributed by atoms with Gasteiger partial charge in [-0.15, -0.1) is 0 Å². The fourth-order valence-electron chi connectivity index (χ4n) is 2.32. The fourth-order valence-corrected chi connectivity index (χ4v) is 3.45. The molecule has 3 aromatic rings. The second-order valence-electron chi connectivity index (χ2n) is 5.75. The Morgan fingerprint density at radius 2 is 1.82 bits per heavy atom. The summed E-state index contributed by atoms with van der Waals surface area (Å²) in [5, 5.41) is 2.87. The molecule has 28 heavy (non-hydrogen) atoms. The van der Waals surface area contributed by atoms with E-state index >= 15 is 0 Å². The highest BCUT2D eigenvalue weighted by Gasteiger charge is 2.17. The molecular formula is C19H15ClFN3O3S. The number of halogens is 2. The van der Waals surface area contributed by atoms with Gasteiger partial charge in [0, 0.05) is 16.8 Å². The van der Waals surface area contributed by atoms with Gasteiger partial charge in [0.25, 0.3) is 5.91 Å². The van der Waals surface area contributed by atoms with Gasteiger partial charge in [-0.25, -0.2) is 17.5 Å².